The zero-order valence-electron chi connectivity index (χ0n) is 17.2. The Balaban J connectivity index is 0.000000221. The fraction of sp³-hybridized carbons (Fsp3) is 0.318. The zero-order valence-corrected chi connectivity index (χ0v) is 17.2. The molecule has 2 aromatic carbocycles. The van der Waals surface area contributed by atoms with Crippen molar-refractivity contribution in [2.24, 2.45) is 0 Å². The maximum Gasteiger partial charge on any atom is 0.211 e. The van der Waals surface area contributed by atoms with Gasteiger partial charge in [0.1, 0.15) is 11.4 Å². The molecule has 0 aliphatic carbocycles. The molecular formula is C22H27NO5. The molecule has 2 aromatic rings. The van der Waals surface area contributed by atoms with Gasteiger partial charge in [0.15, 0.2) is 17.2 Å². The predicted octanol–water partition coefficient (Wildman–Crippen LogP) is 4.46. The third-order valence-corrected chi connectivity index (χ3v) is 4.14. The minimum absolute atomic E-state index is 0.322. The molecule has 1 aliphatic heterocycles. The number of nitrogens with one attached hydrogen (secondary N) is 1. The summed E-state index contributed by atoms with van der Waals surface area (Å²) >= 11 is 0. The first-order valence-corrected chi connectivity index (χ1v) is 8.83. The number of aryl methyl sites for hydroxylation is 1. The smallest absolute Gasteiger partial charge is 0.211 e. The maximum absolute atomic E-state index is 10.5. The second-order valence-corrected chi connectivity index (χ2v) is 6.72. The van der Waals surface area contributed by atoms with E-state index in [0.717, 1.165) is 22.8 Å². The van der Waals surface area contributed by atoms with Gasteiger partial charge in [0, 0.05) is 0 Å². The lowest BCUT2D eigenvalue weighted by Crippen LogP contribution is -2.27. The van der Waals surface area contributed by atoms with E-state index < -0.39 is 0 Å². The minimum Gasteiger partial charge on any atom is -0.494 e. The van der Waals surface area contributed by atoms with Crippen molar-refractivity contribution >= 4 is 18.2 Å². The Morgan fingerprint density at radius 3 is 2.32 bits per heavy atom. The molecule has 0 unspecified atom stereocenters. The van der Waals surface area contributed by atoms with Crippen LogP contribution in [0.4, 0.5) is 5.69 Å². The summed E-state index contributed by atoms with van der Waals surface area (Å²) in [6, 6.07) is 9.42. The second-order valence-electron chi connectivity index (χ2n) is 6.72. The molecule has 0 atom stereocenters. The molecule has 1 heterocycles. The Morgan fingerprint density at radius 2 is 1.71 bits per heavy atom. The largest absolute Gasteiger partial charge is 0.494 e. The molecule has 6 nitrogen and oxygen atoms in total. The normalized spacial score (nSPS) is 13.2. The summed E-state index contributed by atoms with van der Waals surface area (Å²) in [5.74, 6) is 2.93. The van der Waals surface area contributed by atoms with Crippen LogP contribution in [0.5, 0.6) is 23.0 Å². The Labute approximate surface area is 166 Å². The van der Waals surface area contributed by atoms with Crippen molar-refractivity contribution in [3.05, 3.63) is 47.5 Å². The van der Waals surface area contributed by atoms with Crippen LogP contribution in [0.25, 0.3) is 6.08 Å². The molecule has 28 heavy (non-hydrogen) atoms. The Hall–Kier alpha value is -3.15. The van der Waals surface area contributed by atoms with Gasteiger partial charge in [-0.1, -0.05) is 6.07 Å². The molecule has 3 rings (SSSR count). The average Bonchev–Trinajstić information content (AvgIpc) is 2.68. The lowest BCUT2D eigenvalue weighted by atomic mass is 10.0. The van der Waals surface area contributed by atoms with Gasteiger partial charge in [-0.05, 0) is 62.8 Å². The van der Waals surface area contributed by atoms with E-state index in [1.807, 2.05) is 57.2 Å². The quantitative estimate of drug-likeness (QED) is 0.770. The number of ether oxygens (including phenoxy) is 4. The van der Waals surface area contributed by atoms with Gasteiger partial charge in [0.25, 0.3) is 0 Å². The fourth-order valence-corrected chi connectivity index (χ4v) is 2.77. The number of carbonyl (C=O) groups excluding carboxylic acids is 1. The van der Waals surface area contributed by atoms with Crippen LogP contribution >= 0.6 is 0 Å². The Bertz CT molecular complexity index is 858. The van der Waals surface area contributed by atoms with E-state index in [1.54, 1.807) is 27.4 Å². The van der Waals surface area contributed by atoms with Crippen LogP contribution in [0, 0.1) is 6.92 Å². The van der Waals surface area contributed by atoms with E-state index in [2.05, 4.69) is 5.32 Å². The second kappa shape index (κ2) is 9.17. The highest BCUT2D eigenvalue weighted by atomic mass is 16.5. The van der Waals surface area contributed by atoms with Crippen LogP contribution in [0.3, 0.4) is 0 Å². The lowest BCUT2D eigenvalue weighted by molar-refractivity contribution is -0.105. The number of amides is 1. The molecular weight excluding hydrogens is 358 g/mol. The van der Waals surface area contributed by atoms with Gasteiger partial charge in [-0.2, -0.15) is 0 Å². The molecule has 150 valence electrons. The third-order valence-electron chi connectivity index (χ3n) is 4.14. The number of rotatable bonds is 5. The Morgan fingerprint density at radius 1 is 1.00 bits per heavy atom. The highest BCUT2D eigenvalue weighted by Crippen LogP contribution is 2.41. The number of hydrogen-bond acceptors (Lipinski definition) is 5. The molecule has 0 saturated heterocycles. The highest BCUT2D eigenvalue weighted by Gasteiger charge is 2.24. The summed E-state index contributed by atoms with van der Waals surface area (Å²) in [4.78, 5) is 10.5. The lowest BCUT2D eigenvalue weighted by Gasteiger charge is -2.29. The summed E-state index contributed by atoms with van der Waals surface area (Å²) < 4.78 is 21.3. The van der Waals surface area contributed by atoms with Crippen LogP contribution in [0.1, 0.15) is 25.0 Å². The Kier molecular flexibility index (Phi) is 6.93. The van der Waals surface area contributed by atoms with E-state index in [0.29, 0.717) is 17.8 Å². The molecule has 0 spiro atoms. The van der Waals surface area contributed by atoms with Crippen molar-refractivity contribution in [3.8, 4) is 23.0 Å². The number of anilines is 1. The molecule has 1 aliphatic rings. The summed E-state index contributed by atoms with van der Waals surface area (Å²) in [6.07, 6.45) is 4.54. The number of benzene rings is 2. The standard InChI is InChI=1S/C13H15NO3.C9H12O2/c1-13(2)7-6-9-11(17-13)5-4-10(14-8-15)12(9)16-3;1-7-4-5-8(10-2)9(6-7)11-3/h4-8H,1-3H3,(H,14,15);4-6H,1-3H3. The van der Waals surface area contributed by atoms with E-state index in [4.69, 9.17) is 18.9 Å². The monoisotopic (exact) mass is 385 g/mol. The molecule has 0 fully saturated rings. The van der Waals surface area contributed by atoms with E-state index in [1.165, 1.54) is 5.56 Å². The van der Waals surface area contributed by atoms with E-state index >= 15 is 0 Å². The van der Waals surface area contributed by atoms with Crippen molar-refractivity contribution in [2.75, 3.05) is 26.6 Å². The molecule has 0 bridgehead atoms. The van der Waals surface area contributed by atoms with Crippen molar-refractivity contribution in [1.29, 1.82) is 0 Å². The van der Waals surface area contributed by atoms with E-state index in [9.17, 15) is 4.79 Å². The maximum atomic E-state index is 10.5. The predicted molar refractivity (Wildman–Crippen MR) is 111 cm³/mol. The number of fused-ring (bicyclic) bond motifs is 1. The van der Waals surface area contributed by atoms with Gasteiger partial charge in [-0.25, -0.2) is 0 Å². The van der Waals surface area contributed by atoms with Crippen molar-refractivity contribution in [2.45, 2.75) is 26.4 Å². The molecule has 0 aromatic heterocycles. The summed E-state index contributed by atoms with van der Waals surface area (Å²) in [5.41, 5.74) is 2.33. The summed E-state index contributed by atoms with van der Waals surface area (Å²) in [6.45, 7) is 5.98. The number of methoxy groups -OCH3 is 3. The van der Waals surface area contributed by atoms with Crippen LogP contribution in [0.15, 0.2) is 36.4 Å². The summed E-state index contributed by atoms with van der Waals surface area (Å²) in [7, 11) is 4.84. The third kappa shape index (κ3) is 4.97. The average molecular weight is 385 g/mol. The fourth-order valence-electron chi connectivity index (χ4n) is 2.77. The SMILES string of the molecule is COc1c(NC=O)ccc2c1C=CC(C)(C)O2.COc1ccc(C)cc1OC. The summed E-state index contributed by atoms with van der Waals surface area (Å²) in [5, 5.41) is 2.60. The molecule has 0 radical (unpaired) electrons. The van der Waals surface area contributed by atoms with Gasteiger partial charge in [0.05, 0.1) is 32.6 Å². The minimum atomic E-state index is -0.322. The number of hydrogen-bond donors (Lipinski definition) is 1. The zero-order chi connectivity index (χ0) is 20.7. The molecule has 6 heteroatoms. The first-order valence-electron chi connectivity index (χ1n) is 8.83. The number of carbonyl (C=O) groups is 1. The van der Waals surface area contributed by atoms with Crippen molar-refractivity contribution in [1.82, 2.24) is 0 Å². The first kappa shape index (κ1) is 21.2. The van der Waals surface area contributed by atoms with Crippen LogP contribution < -0.4 is 24.3 Å². The van der Waals surface area contributed by atoms with Gasteiger partial charge in [-0.3, -0.25) is 4.79 Å². The highest BCUT2D eigenvalue weighted by molar-refractivity contribution is 5.82. The van der Waals surface area contributed by atoms with Crippen LogP contribution in [-0.2, 0) is 4.79 Å². The van der Waals surface area contributed by atoms with Crippen molar-refractivity contribution < 1.29 is 23.7 Å². The first-order chi connectivity index (χ1) is 13.3. The van der Waals surface area contributed by atoms with Crippen LogP contribution in [-0.4, -0.2) is 33.3 Å². The van der Waals surface area contributed by atoms with Crippen LogP contribution in [0.2, 0.25) is 0 Å². The van der Waals surface area contributed by atoms with Gasteiger partial charge in [0.2, 0.25) is 6.41 Å². The van der Waals surface area contributed by atoms with Gasteiger partial charge in [-0.15, -0.1) is 0 Å². The molecule has 1 amide bonds. The van der Waals surface area contributed by atoms with Crippen molar-refractivity contribution in [3.63, 3.8) is 0 Å². The van der Waals surface area contributed by atoms with E-state index in [-0.39, 0.29) is 5.60 Å². The van der Waals surface area contributed by atoms with Gasteiger partial charge >= 0.3 is 0 Å². The molecule has 1 N–H and O–H groups in total. The van der Waals surface area contributed by atoms with Gasteiger partial charge < -0.3 is 24.3 Å². The molecule has 0 saturated carbocycles. The topological polar surface area (TPSA) is 66.0 Å².